The summed E-state index contributed by atoms with van der Waals surface area (Å²) in [5.41, 5.74) is 1.82. The van der Waals surface area contributed by atoms with Gasteiger partial charge in [-0.25, -0.2) is 0 Å². The summed E-state index contributed by atoms with van der Waals surface area (Å²) in [6.07, 6.45) is 1.16. The highest BCUT2D eigenvalue weighted by molar-refractivity contribution is 6.00. The second-order valence-electron chi connectivity index (χ2n) is 8.01. The summed E-state index contributed by atoms with van der Waals surface area (Å²) in [7, 11) is 0. The van der Waals surface area contributed by atoms with Crippen LogP contribution in [0.25, 0.3) is 0 Å². The molecule has 1 N–H and O–H groups in total. The number of fused-ring (bicyclic) bond motifs is 1. The zero-order chi connectivity index (χ0) is 20.5. The molecule has 3 aliphatic rings. The maximum absolute atomic E-state index is 13.1. The van der Waals surface area contributed by atoms with Crippen molar-refractivity contribution in [3.8, 4) is 11.5 Å². The first-order valence-electron chi connectivity index (χ1n) is 10.5. The molecule has 2 amide bonds. The van der Waals surface area contributed by atoms with Crippen LogP contribution in [0, 0.1) is 5.92 Å². The number of rotatable bonds is 4. The summed E-state index contributed by atoms with van der Waals surface area (Å²) in [4.78, 5) is 29.3. The van der Waals surface area contributed by atoms with E-state index in [1.54, 1.807) is 4.90 Å². The smallest absolute Gasteiger partial charge is 0.228 e. The Balaban J connectivity index is 1.22. The van der Waals surface area contributed by atoms with Gasteiger partial charge in [-0.1, -0.05) is 18.2 Å². The molecule has 3 aliphatic heterocycles. The molecule has 156 valence electrons. The molecule has 3 heterocycles. The fourth-order valence-corrected chi connectivity index (χ4v) is 4.43. The number of carbonyl (C=O) groups excluding carboxylic acids is 2. The highest BCUT2D eigenvalue weighted by atomic mass is 16.6. The van der Waals surface area contributed by atoms with E-state index in [0.29, 0.717) is 37.8 Å². The number of likely N-dealkylation sites (tertiary alicyclic amines) is 1. The second kappa shape index (κ2) is 7.89. The van der Waals surface area contributed by atoms with Crippen molar-refractivity contribution in [2.45, 2.75) is 18.9 Å². The van der Waals surface area contributed by atoms with E-state index in [0.717, 1.165) is 24.3 Å². The molecule has 0 spiro atoms. The van der Waals surface area contributed by atoms with E-state index >= 15 is 0 Å². The van der Waals surface area contributed by atoms with Crippen LogP contribution in [-0.4, -0.2) is 55.6 Å². The highest BCUT2D eigenvalue weighted by Crippen LogP contribution is 2.36. The van der Waals surface area contributed by atoms with Gasteiger partial charge in [-0.05, 0) is 30.7 Å². The first-order valence-corrected chi connectivity index (χ1v) is 10.5. The molecule has 2 saturated heterocycles. The quantitative estimate of drug-likeness (QED) is 0.843. The molecule has 2 aromatic rings. The molecule has 0 aliphatic carbocycles. The van der Waals surface area contributed by atoms with Crippen LogP contribution < -0.4 is 19.7 Å². The Hall–Kier alpha value is -3.22. The average Bonchev–Trinajstić information content (AvgIpc) is 3.40. The molecule has 30 heavy (non-hydrogen) atoms. The number of hydrogen-bond acceptors (Lipinski definition) is 5. The van der Waals surface area contributed by atoms with Crippen LogP contribution in [-0.2, 0) is 9.59 Å². The molecule has 2 atom stereocenters. The number of hydrogen-bond donors (Lipinski definition) is 1. The molecule has 0 saturated carbocycles. The summed E-state index contributed by atoms with van der Waals surface area (Å²) in [6, 6.07) is 15.8. The van der Waals surface area contributed by atoms with Crippen LogP contribution in [0.1, 0.15) is 12.8 Å². The average molecular weight is 407 g/mol. The molecule has 2 fully saturated rings. The Morgan fingerprint density at radius 1 is 1.00 bits per heavy atom. The number of carbonyl (C=O) groups is 2. The van der Waals surface area contributed by atoms with Gasteiger partial charge in [0.1, 0.15) is 13.2 Å². The SMILES string of the molecule is O=C(C1CC(=O)N(c2ccc3c(c2)OCCO3)C1)N1CCC(Nc2ccccc2)C1. The summed E-state index contributed by atoms with van der Waals surface area (Å²) >= 11 is 0. The molecule has 7 nitrogen and oxygen atoms in total. The van der Waals surface area contributed by atoms with Crippen LogP contribution in [0.5, 0.6) is 11.5 Å². The molecule has 0 radical (unpaired) electrons. The fraction of sp³-hybridized carbons (Fsp3) is 0.391. The van der Waals surface area contributed by atoms with Crippen LogP contribution >= 0.6 is 0 Å². The minimum Gasteiger partial charge on any atom is -0.486 e. The van der Waals surface area contributed by atoms with E-state index in [1.807, 2.05) is 53.4 Å². The van der Waals surface area contributed by atoms with Gasteiger partial charge in [0, 0.05) is 49.5 Å². The number of ether oxygens (including phenoxy) is 2. The summed E-state index contributed by atoms with van der Waals surface area (Å²) in [5, 5.41) is 3.49. The maximum Gasteiger partial charge on any atom is 0.228 e. The Morgan fingerprint density at radius 3 is 2.63 bits per heavy atom. The standard InChI is InChI=1S/C23H25N3O4/c27-22-12-16(14-26(22)19-6-7-20-21(13-19)30-11-10-29-20)23(28)25-9-8-18(15-25)24-17-4-2-1-3-5-17/h1-7,13,16,18,24H,8-12,14-15H2. The van der Waals surface area contributed by atoms with Gasteiger partial charge in [0.2, 0.25) is 11.8 Å². The monoisotopic (exact) mass is 407 g/mol. The van der Waals surface area contributed by atoms with Gasteiger partial charge >= 0.3 is 0 Å². The third kappa shape index (κ3) is 3.67. The Morgan fingerprint density at radius 2 is 1.80 bits per heavy atom. The lowest BCUT2D eigenvalue weighted by Gasteiger charge is -2.23. The zero-order valence-electron chi connectivity index (χ0n) is 16.8. The zero-order valence-corrected chi connectivity index (χ0v) is 16.8. The van der Waals surface area contributed by atoms with Crippen LogP contribution in [0.15, 0.2) is 48.5 Å². The van der Waals surface area contributed by atoms with E-state index in [4.69, 9.17) is 9.47 Å². The third-order valence-corrected chi connectivity index (χ3v) is 5.96. The molecule has 2 unspecified atom stereocenters. The van der Waals surface area contributed by atoms with Crippen molar-refractivity contribution < 1.29 is 19.1 Å². The molecule has 5 rings (SSSR count). The van der Waals surface area contributed by atoms with Crippen LogP contribution in [0.3, 0.4) is 0 Å². The Kier molecular flexibility index (Phi) is 4.94. The summed E-state index contributed by atoms with van der Waals surface area (Å²) < 4.78 is 11.2. The lowest BCUT2D eigenvalue weighted by atomic mass is 10.1. The van der Waals surface area contributed by atoms with Gasteiger partial charge < -0.3 is 24.6 Å². The van der Waals surface area contributed by atoms with Crippen molar-refractivity contribution in [1.29, 1.82) is 0 Å². The molecule has 0 aromatic heterocycles. The number of anilines is 2. The number of amides is 2. The first kappa shape index (κ1) is 18.8. The predicted octanol–water partition coefficient (Wildman–Crippen LogP) is 2.52. The van der Waals surface area contributed by atoms with E-state index in [2.05, 4.69) is 5.32 Å². The van der Waals surface area contributed by atoms with Gasteiger partial charge in [0.05, 0.1) is 5.92 Å². The minimum atomic E-state index is -0.304. The van der Waals surface area contributed by atoms with E-state index < -0.39 is 0 Å². The molecular weight excluding hydrogens is 382 g/mol. The van der Waals surface area contributed by atoms with Gasteiger partial charge in [-0.15, -0.1) is 0 Å². The largest absolute Gasteiger partial charge is 0.486 e. The Bertz CT molecular complexity index is 949. The van der Waals surface area contributed by atoms with Gasteiger partial charge in [0.25, 0.3) is 0 Å². The number of benzene rings is 2. The van der Waals surface area contributed by atoms with Gasteiger partial charge in [0.15, 0.2) is 11.5 Å². The van der Waals surface area contributed by atoms with Crippen molar-refractivity contribution in [1.82, 2.24) is 4.90 Å². The van der Waals surface area contributed by atoms with Crippen molar-refractivity contribution in [2.24, 2.45) is 5.92 Å². The van der Waals surface area contributed by atoms with Gasteiger partial charge in [-0.2, -0.15) is 0 Å². The Labute approximate surface area is 175 Å². The first-order chi connectivity index (χ1) is 14.7. The topological polar surface area (TPSA) is 71.1 Å². The van der Waals surface area contributed by atoms with Crippen molar-refractivity contribution in [3.05, 3.63) is 48.5 Å². The van der Waals surface area contributed by atoms with Gasteiger partial charge in [-0.3, -0.25) is 9.59 Å². The number of para-hydroxylation sites is 1. The van der Waals surface area contributed by atoms with Crippen molar-refractivity contribution >= 4 is 23.2 Å². The normalized spacial score (nSPS) is 23.0. The number of nitrogens with zero attached hydrogens (tertiary/aromatic N) is 2. The van der Waals surface area contributed by atoms with Crippen molar-refractivity contribution in [3.63, 3.8) is 0 Å². The van der Waals surface area contributed by atoms with Crippen LogP contribution in [0.2, 0.25) is 0 Å². The summed E-state index contributed by atoms with van der Waals surface area (Å²) in [5.74, 6) is 1.08. The molecular formula is C23H25N3O4. The predicted molar refractivity (Wildman–Crippen MR) is 113 cm³/mol. The fourth-order valence-electron chi connectivity index (χ4n) is 4.43. The van der Waals surface area contributed by atoms with E-state index in [9.17, 15) is 9.59 Å². The van der Waals surface area contributed by atoms with E-state index in [-0.39, 0.29) is 30.2 Å². The minimum absolute atomic E-state index is 0.0248. The highest BCUT2D eigenvalue weighted by Gasteiger charge is 2.39. The van der Waals surface area contributed by atoms with Crippen LogP contribution in [0.4, 0.5) is 11.4 Å². The molecule has 0 bridgehead atoms. The second-order valence-corrected chi connectivity index (χ2v) is 8.01. The third-order valence-electron chi connectivity index (χ3n) is 5.96. The maximum atomic E-state index is 13.1. The lowest BCUT2D eigenvalue weighted by molar-refractivity contribution is -0.134. The summed E-state index contributed by atoms with van der Waals surface area (Å²) in [6.45, 7) is 2.82. The van der Waals surface area contributed by atoms with E-state index in [1.165, 1.54) is 0 Å². The lowest BCUT2D eigenvalue weighted by Crippen LogP contribution is -2.37. The molecule has 7 heteroatoms. The number of nitrogens with one attached hydrogen (secondary N) is 1. The van der Waals surface area contributed by atoms with Crippen molar-refractivity contribution in [2.75, 3.05) is 43.1 Å². The molecule has 2 aromatic carbocycles.